The Morgan fingerprint density at radius 2 is 1.81 bits per heavy atom. The van der Waals surface area contributed by atoms with Gasteiger partial charge in [-0.3, -0.25) is 4.90 Å². The first-order valence-corrected chi connectivity index (χ1v) is 9.46. The molecule has 0 aliphatic carbocycles. The molecule has 32 heavy (non-hydrogen) atoms. The van der Waals surface area contributed by atoms with Crippen molar-refractivity contribution in [3.8, 4) is 11.5 Å². The second kappa shape index (κ2) is 8.41. The quantitative estimate of drug-likeness (QED) is 0.414. The van der Waals surface area contributed by atoms with Crippen LogP contribution in [0.1, 0.15) is 11.4 Å². The summed E-state index contributed by atoms with van der Waals surface area (Å²) >= 11 is 0. The maximum Gasteiger partial charge on any atom is 0.412 e. The predicted molar refractivity (Wildman–Crippen MR) is 113 cm³/mol. The van der Waals surface area contributed by atoms with E-state index in [2.05, 4.69) is 20.1 Å². The van der Waals surface area contributed by atoms with E-state index in [4.69, 9.17) is 11.5 Å². The van der Waals surface area contributed by atoms with Gasteiger partial charge in [-0.2, -0.15) is 5.10 Å². The van der Waals surface area contributed by atoms with E-state index in [1.54, 1.807) is 36.5 Å². The third kappa shape index (κ3) is 3.73. The van der Waals surface area contributed by atoms with Crippen LogP contribution >= 0.6 is 0 Å². The number of benzene rings is 1. The van der Waals surface area contributed by atoms with Crippen molar-refractivity contribution in [2.45, 2.75) is 6.42 Å². The van der Waals surface area contributed by atoms with Gasteiger partial charge in [0, 0.05) is 12.6 Å². The van der Waals surface area contributed by atoms with Crippen LogP contribution in [0.3, 0.4) is 0 Å². The lowest BCUT2D eigenvalue weighted by Crippen LogP contribution is -2.33. The molecule has 1 amide bonds. The summed E-state index contributed by atoms with van der Waals surface area (Å²) in [5, 5.41) is 13.6. The number of carbonyl (C=O) groups is 1. The Bertz CT molecular complexity index is 1290. The number of nitrogens with two attached hydrogens (primary N) is 2. The van der Waals surface area contributed by atoms with Crippen LogP contribution in [0.5, 0.6) is 0 Å². The molecule has 1 aromatic carbocycles. The van der Waals surface area contributed by atoms with Crippen LogP contribution in [0.25, 0.3) is 17.0 Å². The number of rotatable bonds is 6. The minimum absolute atomic E-state index is 0.0274. The second-order valence-electron chi connectivity index (χ2n) is 6.76. The number of hydrogen-bond donors (Lipinski definition) is 3. The average Bonchev–Trinajstić information content (AvgIpc) is 3.13. The van der Waals surface area contributed by atoms with Crippen LogP contribution in [-0.4, -0.2) is 49.0 Å². The number of halogens is 2. The van der Waals surface area contributed by atoms with E-state index in [1.807, 2.05) is 0 Å². The van der Waals surface area contributed by atoms with Gasteiger partial charge in [-0.25, -0.2) is 33.0 Å². The van der Waals surface area contributed by atoms with Gasteiger partial charge < -0.3 is 16.6 Å². The molecule has 0 unspecified atom stereocenters. The zero-order valence-electron chi connectivity index (χ0n) is 16.6. The maximum absolute atomic E-state index is 14.2. The summed E-state index contributed by atoms with van der Waals surface area (Å²) in [5.41, 5.74) is 13.0. The van der Waals surface area contributed by atoms with Crippen molar-refractivity contribution in [2.24, 2.45) is 0 Å². The molecule has 0 radical (unpaired) electrons. The fourth-order valence-corrected chi connectivity index (χ4v) is 3.34. The van der Waals surface area contributed by atoms with E-state index in [1.165, 1.54) is 10.6 Å². The van der Waals surface area contributed by atoms with Crippen LogP contribution in [0.15, 0.2) is 42.6 Å². The number of anilines is 3. The van der Waals surface area contributed by atoms with Crippen molar-refractivity contribution in [1.29, 1.82) is 0 Å². The van der Waals surface area contributed by atoms with Crippen molar-refractivity contribution in [2.75, 3.05) is 29.6 Å². The monoisotopic (exact) mass is 440 g/mol. The number of imidazole rings is 1. The Hall–Kier alpha value is -4.35. The highest BCUT2D eigenvalue weighted by atomic mass is 19.1. The topological polar surface area (TPSA) is 149 Å². The molecule has 0 aliphatic rings. The highest BCUT2D eigenvalue weighted by Crippen LogP contribution is 2.32. The molecule has 0 saturated carbocycles. The molecular weight excluding hydrogens is 422 g/mol. The molecule has 4 rings (SSSR count). The maximum atomic E-state index is 14.2. The van der Waals surface area contributed by atoms with Crippen LogP contribution < -0.4 is 16.4 Å². The fraction of sp³-hybridized carbons (Fsp3) is 0.150. The van der Waals surface area contributed by atoms with Gasteiger partial charge in [-0.05, 0) is 23.8 Å². The van der Waals surface area contributed by atoms with Gasteiger partial charge in [0.2, 0.25) is 0 Å². The van der Waals surface area contributed by atoms with Crippen LogP contribution in [0, 0.1) is 5.82 Å². The van der Waals surface area contributed by atoms with Crippen LogP contribution in [0.2, 0.25) is 0 Å². The molecular formula is C20H18F2N8O2. The van der Waals surface area contributed by atoms with Gasteiger partial charge in [0.05, 0.1) is 12.1 Å². The Balaban J connectivity index is 1.82. The minimum atomic E-state index is -1.44. The number of carboxylic acid groups (broad SMARTS) is 1. The Morgan fingerprint density at radius 1 is 1.09 bits per heavy atom. The normalized spacial score (nSPS) is 11.1. The summed E-state index contributed by atoms with van der Waals surface area (Å²) in [4.78, 5) is 25.0. The zero-order valence-corrected chi connectivity index (χ0v) is 16.6. The number of nitrogens with zero attached hydrogens (tertiary/aromatic N) is 6. The lowest BCUT2D eigenvalue weighted by atomic mass is 10.1. The van der Waals surface area contributed by atoms with Gasteiger partial charge in [-0.1, -0.05) is 18.2 Å². The molecule has 5 N–H and O–H groups in total. The fourth-order valence-electron chi connectivity index (χ4n) is 3.34. The molecule has 3 heterocycles. The van der Waals surface area contributed by atoms with Gasteiger partial charge in [0.1, 0.15) is 29.7 Å². The van der Waals surface area contributed by atoms with Crippen molar-refractivity contribution in [3.05, 3.63) is 59.8 Å². The lowest BCUT2D eigenvalue weighted by molar-refractivity contribution is 0.201. The molecule has 0 atom stereocenters. The minimum Gasteiger partial charge on any atom is -0.465 e. The van der Waals surface area contributed by atoms with Gasteiger partial charge in [0.25, 0.3) is 0 Å². The number of nitrogen functional groups attached to an aromatic ring is 2. The largest absolute Gasteiger partial charge is 0.465 e. The van der Waals surface area contributed by atoms with E-state index in [0.29, 0.717) is 21.8 Å². The Morgan fingerprint density at radius 3 is 2.47 bits per heavy atom. The van der Waals surface area contributed by atoms with Crippen molar-refractivity contribution < 1.29 is 18.7 Å². The van der Waals surface area contributed by atoms with E-state index in [-0.39, 0.29) is 41.1 Å². The summed E-state index contributed by atoms with van der Waals surface area (Å²) < 4.78 is 28.5. The molecule has 12 heteroatoms. The highest BCUT2D eigenvalue weighted by Gasteiger charge is 2.25. The molecule has 10 nitrogen and oxygen atoms in total. The summed E-state index contributed by atoms with van der Waals surface area (Å²) in [5.74, 6) is -0.416. The number of amides is 1. The first-order valence-electron chi connectivity index (χ1n) is 9.46. The van der Waals surface area contributed by atoms with Crippen LogP contribution in [-0.2, 0) is 6.42 Å². The average molecular weight is 440 g/mol. The molecule has 164 valence electrons. The summed E-state index contributed by atoms with van der Waals surface area (Å²) in [6.45, 7) is -1.42. The van der Waals surface area contributed by atoms with Crippen molar-refractivity contribution in [1.82, 2.24) is 24.6 Å². The predicted octanol–water partition coefficient (Wildman–Crippen LogP) is 2.53. The van der Waals surface area contributed by atoms with E-state index in [9.17, 15) is 18.7 Å². The second-order valence-corrected chi connectivity index (χ2v) is 6.76. The number of hydrogen-bond acceptors (Lipinski definition) is 7. The molecule has 0 fully saturated rings. The van der Waals surface area contributed by atoms with E-state index >= 15 is 0 Å². The Kier molecular flexibility index (Phi) is 5.50. The number of aromatic nitrogens is 5. The molecule has 3 aromatic heterocycles. The molecule has 0 saturated heterocycles. The number of alkyl halides is 1. The smallest absolute Gasteiger partial charge is 0.412 e. The number of fused-ring (bicyclic) bond motifs is 1. The molecule has 0 spiro atoms. The van der Waals surface area contributed by atoms with Gasteiger partial charge in [-0.15, -0.1) is 0 Å². The van der Waals surface area contributed by atoms with Gasteiger partial charge in [0.15, 0.2) is 17.5 Å². The first-order chi connectivity index (χ1) is 15.4. The highest BCUT2D eigenvalue weighted by molar-refractivity contribution is 5.94. The SMILES string of the molecule is Nc1nc(-c2nc(Cc3ccccc3F)n3ncccc23)nc(N)c1N(CCF)C(=O)O. The third-order valence-corrected chi connectivity index (χ3v) is 4.74. The van der Waals surface area contributed by atoms with E-state index < -0.39 is 19.3 Å². The van der Waals surface area contributed by atoms with Crippen LogP contribution in [0.4, 0.5) is 30.9 Å². The first kappa shape index (κ1) is 20.9. The summed E-state index contributed by atoms with van der Waals surface area (Å²) in [6, 6.07) is 9.71. The van der Waals surface area contributed by atoms with Crippen molar-refractivity contribution >= 4 is 28.9 Å². The summed E-state index contributed by atoms with van der Waals surface area (Å²) in [7, 11) is 0. The molecule has 4 aromatic rings. The zero-order chi connectivity index (χ0) is 22.8. The molecule has 0 aliphatic heterocycles. The molecule has 0 bridgehead atoms. The van der Waals surface area contributed by atoms with E-state index in [0.717, 1.165) is 0 Å². The third-order valence-electron chi connectivity index (χ3n) is 4.74. The Labute approximate surface area is 180 Å². The lowest BCUT2D eigenvalue weighted by Gasteiger charge is -2.20. The van der Waals surface area contributed by atoms with Crippen molar-refractivity contribution in [3.63, 3.8) is 0 Å². The standard InChI is InChI=1S/C20H18F2N8O2/c21-7-9-29(20(31)32)16-17(23)27-19(28-18(16)24)15-13-6-3-8-25-30(13)14(26-15)10-11-4-1-2-5-12(11)22/h1-6,8H,7,9-10H2,(H,31,32)(H4,23,24,27,28). The summed E-state index contributed by atoms with van der Waals surface area (Å²) in [6.07, 6.45) is 0.260. The van der Waals surface area contributed by atoms with Gasteiger partial charge >= 0.3 is 6.09 Å².